The van der Waals surface area contributed by atoms with Gasteiger partial charge in [-0.15, -0.1) is 6.58 Å². The van der Waals surface area contributed by atoms with E-state index in [1.807, 2.05) is 39.0 Å². The molecule has 0 spiro atoms. The first-order valence-corrected chi connectivity index (χ1v) is 20.3. The molecule has 4 fully saturated rings. The first kappa shape index (κ1) is 36.9. The molecular formula is C38H50N6O8S. The second-order valence-electron chi connectivity index (χ2n) is 16.5. The minimum atomic E-state index is -3.90. The van der Waals surface area contributed by atoms with Crippen molar-refractivity contribution in [1.29, 1.82) is 0 Å². The molecule has 0 aromatic heterocycles. The molecule has 7 rings (SSSR count). The van der Waals surface area contributed by atoms with Gasteiger partial charge in [-0.2, -0.15) is 0 Å². The van der Waals surface area contributed by atoms with Gasteiger partial charge >= 0.3 is 12.1 Å². The van der Waals surface area contributed by atoms with Crippen molar-refractivity contribution in [3.05, 3.63) is 53.6 Å². The summed E-state index contributed by atoms with van der Waals surface area (Å²) < 4.78 is 33.6. The van der Waals surface area contributed by atoms with Crippen LogP contribution in [-0.2, 0) is 42.2 Å². The Bertz CT molecular complexity index is 1850. The van der Waals surface area contributed by atoms with E-state index in [-0.39, 0.29) is 31.5 Å². The molecule has 4 bridgehead atoms. The summed E-state index contributed by atoms with van der Waals surface area (Å²) in [6.07, 6.45) is 8.41. The van der Waals surface area contributed by atoms with E-state index in [1.165, 1.54) is 11.0 Å². The second-order valence-corrected chi connectivity index (χ2v) is 18.4. The molecular weight excluding hydrogens is 701 g/mol. The monoisotopic (exact) mass is 750 g/mol. The molecule has 14 nitrogen and oxygen atoms in total. The number of rotatable bonds is 6. The highest BCUT2D eigenvalue weighted by atomic mass is 32.2. The third-order valence-corrected chi connectivity index (χ3v) is 13.4. The third kappa shape index (κ3) is 7.28. The van der Waals surface area contributed by atoms with Gasteiger partial charge in [-0.3, -0.25) is 24.0 Å². The van der Waals surface area contributed by atoms with Crippen molar-refractivity contribution in [3.63, 3.8) is 0 Å². The van der Waals surface area contributed by atoms with Crippen LogP contribution in [0.3, 0.4) is 0 Å². The van der Waals surface area contributed by atoms with Crippen molar-refractivity contribution < 1.29 is 37.1 Å². The molecule has 6 amide bonds. The van der Waals surface area contributed by atoms with Crippen molar-refractivity contribution in [3.8, 4) is 0 Å². The lowest BCUT2D eigenvalue weighted by molar-refractivity contribution is -0.142. The lowest BCUT2D eigenvalue weighted by Gasteiger charge is -2.37. The van der Waals surface area contributed by atoms with Crippen molar-refractivity contribution in [2.45, 2.75) is 120 Å². The van der Waals surface area contributed by atoms with Crippen LogP contribution in [0.1, 0.15) is 88.8 Å². The average molecular weight is 751 g/mol. The van der Waals surface area contributed by atoms with Crippen LogP contribution in [0.4, 0.5) is 9.59 Å². The normalized spacial score (nSPS) is 30.4. The molecule has 3 N–H and O–H groups in total. The van der Waals surface area contributed by atoms with E-state index in [0.29, 0.717) is 32.5 Å². The highest BCUT2D eigenvalue weighted by Crippen LogP contribution is 2.45. The molecule has 15 heteroatoms. The lowest BCUT2D eigenvalue weighted by Crippen LogP contribution is -2.61. The molecule has 6 atom stereocenters. The predicted octanol–water partition coefficient (Wildman–Crippen LogP) is 3.17. The zero-order chi connectivity index (χ0) is 37.9. The molecule has 286 valence electrons. The van der Waals surface area contributed by atoms with E-state index in [9.17, 15) is 32.4 Å². The Balaban J connectivity index is 1.19. The number of urea groups is 1. The molecule has 2 saturated heterocycles. The highest BCUT2D eigenvalue weighted by molar-refractivity contribution is 7.91. The number of sulfonamides is 1. The van der Waals surface area contributed by atoms with Crippen molar-refractivity contribution in [2.24, 2.45) is 11.3 Å². The van der Waals surface area contributed by atoms with Crippen LogP contribution in [0, 0.1) is 11.3 Å². The number of nitrogens with one attached hydrogen (secondary N) is 3. The molecule has 0 unspecified atom stereocenters. The van der Waals surface area contributed by atoms with Crippen molar-refractivity contribution in [1.82, 2.24) is 30.1 Å². The van der Waals surface area contributed by atoms with Crippen LogP contribution in [0.15, 0.2) is 36.9 Å². The van der Waals surface area contributed by atoms with Gasteiger partial charge in [-0.25, -0.2) is 18.0 Å². The number of fused-ring (bicyclic) bond motifs is 4. The maximum absolute atomic E-state index is 14.6. The van der Waals surface area contributed by atoms with Crippen LogP contribution in [0.25, 0.3) is 6.08 Å². The summed E-state index contributed by atoms with van der Waals surface area (Å²) >= 11 is 0. The summed E-state index contributed by atoms with van der Waals surface area (Å²) in [5.74, 6) is -2.59. The van der Waals surface area contributed by atoms with Crippen LogP contribution < -0.4 is 15.4 Å². The summed E-state index contributed by atoms with van der Waals surface area (Å²) in [6.45, 7) is 10.4. The Labute approximate surface area is 310 Å². The fourth-order valence-corrected chi connectivity index (χ4v) is 9.63. The fraction of sp³-hybridized carbons (Fsp3) is 0.605. The van der Waals surface area contributed by atoms with Gasteiger partial charge in [-0.05, 0) is 67.1 Å². The summed E-state index contributed by atoms with van der Waals surface area (Å²) in [7, 11) is -3.90. The van der Waals surface area contributed by atoms with E-state index in [4.69, 9.17) is 4.74 Å². The van der Waals surface area contributed by atoms with Gasteiger partial charge in [-0.1, -0.05) is 57.2 Å². The molecule has 1 aromatic rings. The van der Waals surface area contributed by atoms with E-state index in [0.717, 1.165) is 42.4 Å². The van der Waals surface area contributed by atoms with Gasteiger partial charge in [0, 0.05) is 31.5 Å². The summed E-state index contributed by atoms with van der Waals surface area (Å²) in [5.41, 5.74) is 0.715. The van der Waals surface area contributed by atoms with Gasteiger partial charge < -0.3 is 25.2 Å². The van der Waals surface area contributed by atoms with E-state index in [2.05, 4.69) is 34.1 Å². The zero-order valence-electron chi connectivity index (χ0n) is 30.6. The Morgan fingerprint density at radius 1 is 1.08 bits per heavy atom. The minimum Gasteiger partial charge on any atom is -0.444 e. The van der Waals surface area contributed by atoms with Crippen LogP contribution in [-0.4, -0.2) is 101 Å². The second kappa shape index (κ2) is 13.8. The molecule has 1 aromatic carbocycles. The van der Waals surface area contributed by atoms with Crippen LogP contribution >= 0.6 is 0 Å². The Morgan fingerprint density at radius 2 is 1.85 bits per heavy atom. The standard InChI is InChI=1S/C38H50N6O8S/c1-5-25-19-38(25,34(47)41-53(50,51)28-15-16-28)40-32(45)30-18-27-21-44(30)33(46)31(37(2,3)4)39-35(48)43-17-9-14-26(43)13-7-6-10-23-11-8-12-24-20-42(22-29(23)24)36(49)52-27/h5-6,8,10-12,25-28,30-31H,1,7,9,13-22H2,2-4H3,(H,39,48)(H,40,45)(H,41,47)/t25-,26+,27-,30+,31-,38-/m1/s1. The maximum atomic E-state index is 14.6. The molecule has 0 radical (unpaired) electrons. The molecule has 2 saturated carbocycles. The zero-order valence-corrected chi connectivity index (χ0v) is 31.5. The van der Waals surface area contributed by atoms with Crippen molar-refractivity contribution in [2.75, 3.05) is 13.1 Å². The topological polar surface area (TPSA) is 175 Å². The Kier molecular flexibility index (Phi) is 9.61. The van der Waals surface area contributed by atoms with Crippen LogP contribution in [0.2, 0.25) is 0 Å². The number of hydrogen-bond donors (Lipinski definition) is 3. The fourth-order valence-electron chi connectivity index (χ4n) is 8.27. The number of amides is 6. The SMILES string of the molecule is C=C[C@@H]1C[C@]1(NC(=O)[C@@H]1C[C@@H]2CN1C(=O)[C@H](C(C)(C)C)NC(=O)N1CCC[C@@H]1CCC=Cc1cccc3c1CN(C3)C(=O)O2)C(=O)NS(=O)(=O)C1CC1. The van der Waals surface area contributed by atoms with Gasteiger partial charge in [0.1, 0.15) is 23.7 Å². The number of ether oxygens (including phenoxy) is 1. The van der Waals surface area contributed by atoms with E-state index < -0.39 is 74.1 Å². The van der Waals surface area contributed by atoms with Crippen molar-refractivity contribution >= 4 is 45.9 Å². The number of benzene rings is 1. The molecule has 4 heterocycles. The number of carbonyl (C=O) groups excluding carboxylic acids is 5. The quantitative estimate of drug-likeness (QED) is 0.372. The van der Waals surface area contributed by atoms with E-state index >= 15 is 0 Å². The maximum Gasteiger partial charge on any atom is 0.410 e. The number of hydrogen-bond acceptors (Lipinski definition) is 8. The highest BCUT2D eigenvalue weighted by Gasteiger charge is 2.62. The molecule has 2 aliphatic carbocycles. The molecule has 6 aliphatic rings. The number of allylic oxidation sites excluding steroid dienone is 1. The van der Waals surface area contributed by atoms with E-state index in [1.54, 1.807) is 9.80 Å². The summed E-state index contributed by atoms with van der Waals surface area (Å²) in [4.78, 5) is 74.7. The summed E-state index contributed by atoms with van der Waals surface area (Å²) in [6, 6.07) is 3.38. The Hall–Kier alpha value is -4.40. The van der Waals surface area contributed by atoms with Gasteiger partial charge in [0.25, 0.3) is 5.91 Å². The Morgan fingerprint density at radius 3 is 2.55 bits per heavy atom. The number of carbonyl (C=O) groups is 5. The first-order valence-electron chi connectivity index (χ1n) is 18.7. The first-order chi connectivity index (χ1) is 25.1. The van der Waals surface area contributed by atoms with Crippen LogP contribution in [0.5, 0.6) is 0 Å². The van der Waals surface area contributed by atoms with Gasteiger partial charge in [0.15, 0.2) is 0 Å². The average Bonchev–Trinajstić information content (AvgIpc) is 3.91. The largest absolute Gasteiger partial charge is 0.444 e. The molecule has 53 heavy (non-hydrogen) atoms. The van der Waals surface area contributed by atoms with Gasteiger partial charge in [0.2, 0.25) is 21.8 Å². The molecule has 4 aliphatic heterocycles. The smallest absolute Gasteiger partial charge is 0.410 e. The lowest BCUT2D eigenvalue weighted by atomic mass is 9.85. The minimum absolute atomic E-state index is 0.00226. The third-order valence-electron chi connectivity index (χ3n) is 11.6. The summed E-state index contributed by atoms with van der Waals surface area (Å²) in [5, 5.41) is 5.13. The predicted molar refractivity (Wildman–Crippen MR) is 195 cm³/mol. The number of nitrogens with zero attached hydrogens (tertiary/aromatic N) is 3. The van der Waals surface area contributed by atoms with Gasteiger partial charge in [0.05, 0.1) is 18.3 Å².